The number of nitrogens with zero attached hydrogens (tertiary/aromatic N) is 3. The lowest BCUT2D eigenvalue weighted by Crippen LogP contribution is -2.12. The van der Waals surface area contributed by atoms with Crippen LogP contribution in [-0.2, 0) is 18.5 Å². The number of H-pyrrole nitrogens is 1. The Morgan fingerprint density at radius 2 is 1.05 bits per heavy atom. The van der Waals surface area contributed by atoms with Gasteiger partial charge in [0.1, 0.15) is 0 Å². The molecule has 0 unspecified atom stereocenters. The second kappa shape index (κ2) is 8.74. The molecule has 0 radical (unpaired) electrons. The minimum atomic E-state index is -5.12. The molecule has 4 rings (SSSR count). The quantitative estimate of drug-likeness (QED) is 0.238. The smallest absolute Gasteiger partial charge is 0.335 e. The molecule has 0 aliphatic rings. The summed E-state index contributed by atoms with van der Waals surface area (Å²) < 4.78 is 147. The SMILES string of the molecule is Fc1c(Nc2nc3nc(C(F)(F)F)[nH]c3nc2Nc2cccc(C(F)(F)F)c2F)cccc1C(F)(F)F. The lowest BCUT2D eigenvalue weighted by Gasteiger charge is -2.16. The number of hydrogen-bond donors (Lipinski definition) is 3. The van der Waals surface area contributed by atoms with Crippen LogP contribution in [0.5, 0.6) is 0 Å². The number of aromatic nitrogens is 4. The summed E-state index contributed by atoms with van der Waals surface area (Å²) in [6.07, 6.45) is -15.3. The lowest BCUT2D eigenvalue weighted by atomic mass is 10.1. The molecule has 0 saturated carbocycles. The van der Waals surface area contributed by atoms with Gasteiger partial charge in [-0.05, 0) is 24.3 Å². The molecule has 196 valence electrons. The van der Waals surface area contributed by atoms with Crippen molar-refractivity contribution in [3.8, 4) is 0 Å². The molecule has 0 fully saturated rings. The molecule has 2 aromatic heterocycles. The van der Waals surface area contributed by atoms with Gasteiger partial charge in [0, 0.05) is 0 Å². The molecular weight excluding hydrogens is 533 g/mol. The predicted molar refractivity (Wildman–Crippen MR) is 106 cm³/mol. The molecule has 0 aliphatic heterocycles. The van der Waals surface area contributed by atoms with Gasteiger partial charge in [-0.2, -0.15) is 39.5 Å². The van der Waals surface area contributed by atoms with E-state index in [1.165, 1.54) is 0 Å². The van der Waals surface area contributed by atoms with Crippen LogP contribution < -0.4 is 10.6 Å². The monoisotopic (exact) mass is 542 g/mol. The Hall–Kier alpha value is -4.18. The summed E-state index contributed by atoms with van der Waals surface area (Å²) in [6, 6.07) is 4.07. The molecule has 2 aromatic carbocycles. The van der Waals surface area contributed by atoms with Gasteiger partial charge in [0.25, 0.3) is 0 Å². The Morgan fingerprint density at radius 3 is 1.49 bits per heavy atom. The number of alkyl halides is 9. The predicted octanol–water partition coefficient (Wildman–Crippen LogP) is 7.17. The number of imidazole rings is 1. The van der Waals surface area contributed by atoms with Crippen molar-refractivity contribution in [2.24, 2.45) is 0 Å². The normalized spacial score (nSPS) is 12.7. The van der Waals surface area contributed by atoms with Crippen molar-refractivity contribution in [3.05, 3.63) is 65.0 Å². The Bertz CT molecular complexity index is 1370. The fraction of sp³-hybridized carbons (Fsp3) is 0.150. The Labute approximate surface area is 197 Å². The largest absolute Gasteiger partial charge is 0.449 e. The zero-order valence-corrected chi connectivity index (χ0v) is 17.5. The second-order valence-corrected chi connectivity index (χ2v) is 7.26. The van der Waals surface area contributed by atoms with Crippen LogP contribution in [0.1, 0.15) is 17.0 Å². The van der Waals surface area contributed by atoms with Gasteiger partial charge in [0.15, 0.2) is 34.6 Å². The minimum absolute atomic E-state index is 0.413. The first kappa shape index (κ1) is 25.9. The van der Waals surface area contributed by atoms with Gasteiger partial charge in [0.05, 0.1) is 22.5 Å². The summed E-state index contributed by atoms with van der Waals surface area (Å²) in [6.45, 7) is 0. The van der Waals surface area contributed by atoms with Crippen LogP contribution in [0.25, 0.3) is 11.3 Å². The van der Waals surface area contributed by atoms with Gasteiger partial charge < -0.3 is 15.6 Å². The highest BCUT2D eigenvalue weighted by molar-refractivity contribution is 5.80. The number of nitrogens with one attached hydrogen (secondary N) is 3. The first-order valence-corrected chi connectivity index (χ1v) is 9.66. The van der Waals surface area contributed by atoms with Gasteiger partial charge in [-0.15, -0.1) is 0 Å². The Balaban J connectivity index is 1.86. The number of hydrogen-bond acceptors (Lipinski definition) is 5. The standard InChI is InChI=1S/C20H9F11N6/c21-11-7(18(23,24)25)3-1-5-9(11)32-13-14(33-10-6-2-4-8(12(10)22)19(26,27)28)35-16-15(34-13)36-17(37-16)20(29,30)31/h1-6H,(H3,32,33,34,35,36,37). The molecule has 2 heterocycles. The van der Waals surface area contributed by atoms with Crippen LogP contribution in [-0.4, -0.2) is 19.9 Å². The Kier molecular flexibility index (Phi) is 6.12. The highest BCUT2D eigenvalue weighted by atomic mass is 19.4. The summed E-state index contributed by atoms with van der Waals surface area (Å²) in [5.74, 6) is -6.77. The topological polar surface area (TPSA) is 78.5 Å². The maximum atomic E-state index is 14.5. The molecule has 0 saturated heterocycles. The number of fused-ring (bicyclic) bond motifs is 1. The summed E-state index contributed by atoms with van der Waals surface area (Å²) in [4.78, 5) is 12.3. The first-order chi connectivity index (χ1) is 17.1. The van der Waals surface area contributed by atoms with Crippen LogP contribution in [0.3, 0.4) is 0 Å². The van der Waals surface area contributed by atoms with E-state index in [4.69, 9.17) is 0 Å². The summed E-state index contributed by atoms with van der Waals surface area (Å²) >= 11 is 0. The fourth-order valence-electron chi connectivity index (χ4n) is 3.09. The summed E-state index contributed by atoms with van der Waals surface area (Å²) in [7, 11) is 0. The van der Waals surface area contributed by atoms with Gasteiger partial charge in [-0.1, -0.05) is 12.1 Å². The van der Waals surface area contributed by atoms with Crippen molar-refractivity contribution in [2.45, 2.75) is 18.5 Å². The van der Waals surface area contributed by atoms with Crippen LogP contribution in [0.4, 0.5) is 71.3 Å². The van der Waals surface area contributed by atoms with Crippen molar-refractivity contribution in [2.75, 3.05) is 10.6 Å². The van der Waals surface area contributed by atoms with E-state index in [2.05, 4.69) is 25.6 Å². The number of aromatic amines is 1. The number of benzene rings is 2. The molecule has 0 atom stereocenters. The molecule has 0 amide bonds. The number of anilines is 4. The minimum Gasteiger partial charge on any atom is -0.335 e. The highest BCUT2D eigenvalue weighted by Gasteiger charge is 2.37. The fourth-order valence-corrected chi connectivity index (χ4v) is 3.09. The van der Waals surface area contributed by atoms with Crippen LogP contribution in [0.2, 0.25) is 0 Å². The molecule has 4 aromatic rings. The van der Waals surface area contributed by atoms with Crippen molar-refractivity contribution >= 4 is 34.3 Å². The summed E-state index contributed by atoms with van der Waals surface area (Å²) in [5, 5.41) is 4.18. The third kappa shape index (κ3) is 5.19. The van der Waals surface area contributed by atoms with E-state index in [-0.39, 0.29) is 0 Å². The molecule has 0 spiro atoms. The lowest BCUT2D eigenvalue weighted by molar-refractivity contribution is -0.144. The van der Waals surface area contributed by atoms with Crippen LogP contribution in [0, 0.1) is 11.6 Å². The van der Waals surface area contributed by atoms with Crippen molar-refractivity contribution in [1.29, 1.82) is 0 Å². The van der Waals surface area contributed by atoms with Gasteiger partial charge >= 0.3 is 18.5 Å². The van der Waals surface area contributed by atoms with Crippen molar-refractivity contribution in [3.63, 3.8) is 0 Å². The average molecular weight is 542 g/mol. The molecule has 3 N–H and O–H groups in total. The van der Waals surface area contributed by atoms with E-state index < -0.39 is 81.4 Å². The maximum Gasteiger partial charge on any atom is 0.449 e. The maximum absolute atomic E-state index is 14.5. The molecule has 37 heavy (non-hydrogen) atoms. The average Bonchev–Trinajstić information content (AvgIpc) is 3.18. The molecule has 6 nitrogen and oxygen atoms in total. The highest BCUT2D eigenvalue weighted by Crippen LogP contribution is 2.38. The van der Waals surface area contributed by atoms with Crippen LogP contribution >= 0.6 is 0 Å². The van der Waals surface area contributed by atoms with Crippen LogP contribution in [0.15, 0.2) is 36.4 Å². The van der Waals surface area contributed by atoms with Gasteiger partial charge in [0.2, 0.25) is 5.82 Å². The van der Waals surface area contributed by atoms with Gasteiger partial charge in [-0.25, -0.2) is 23.7 Å². The second-order valence-electron chi connectivity index (χ2n) is 7.26. The van der Waals surface area contributed by atoms with E-state index >= 15 is 0 Å². The molecular formula is C20H9F11N6. The third-order valence-corrected chi connectivity index (χ3v) is 4.71. The molecule has 0 bridgehead atoms. The van der Waals surface area contributed by atoms with E-state index in [1.807, 2.05) is 0 Å². The molecule has 0 aliphatic carbocycles. The third-order valence-electron chi connectivity index (χ3n) is 4.71. The Morgan fingerprint density at radius 1 is 0.595 bits per heavy atom. The molecule has 17 heteroatoms. The van der Waals surface area contributed by atoms with E-state index in [0.717, 1.165) is 24.3 Å². The van der Waals surface area contributed by atoms with E-state index in [0.29, 0.717) is 12.1 Å². The van der Waals surface area contributed by atoms with Gasteiger partial charge in [-0.3, -0.25) is 0 Å². The summed E-state index contributed by atoms with van der Waals surface area (Å²) in [5.41, 5.74) is -6.56. The zero-order chi connectivity index (χ0) is 27.3. The van der Waals surface area contributed by atoms with Crippen molar-refractivity contribution in [1.82, 2.24) is 19.9 Å². The van der Waals surface area contributed by atoms with E-state index in [1.54, 1.807) is 4.98 Å². The first-order valence-electron chi connectivity index (χ1n) is 9.66. The van der Waals surface area contributed by atoms with E-state index in [9.17, 15) is 48.3 Å². The van der Waals surface area contributed by atoms with Crippen molar-refractivity contribution < 1.29 is 48.3 Å². The number of halogens is 11. The zero-order valence-electron chi connectivity index (χ0n) is 17.5. The number of rotatable bonds is 4.